The molecule has 1 aliphatic rings. The highest BCUT2D eigenvalue weighted by Crippen LogP contribution is 2.30. The van der Waals surface area contributed by atoms with E-state index in [0.717, 1.165) is 24.4 Å². The minimum absolute atomic E-state index is 0.345. The summed E-state index contributed by atoms with van der Waals surface area (Å²) in [5, 5.41) is 3.16. The Kier molecular flexibility index (Phi) is 6.26. The van der Waals surface area contributed by atoms with Gasteiger partial charge >= 0.3 is 0 Å². The van der Waals surface area contributed by atoms with Crippen molar-refractivity contribution in [1.29, 1.82) is 0 Å². The van der Waals surface area contributed by atoms with Crippen LogP contribution in [-0.2, 0) is 16.4 Å². The number of hydrogen-bond donors (Lipinski definition) is 2. The maximum atomic E-state index is 12.2. The van der Waals surface area contributed by atoms with Gasteiger partial charge < -0.3 is 5.32 Å². The van der Waals surface area contributed by atoms with Crippen molar-refractivity contribution >= 4 is 15.7 Å². The maximum absolute atomic E-state index is 12.2. The van der Waals surface area contributed by atoms with E-state index in [0.29, 0.717) is 11.4 Å². The van der Waals surface area contributed by atoms with E-state index in [-0.39, 0.29) is 0 Å². The normalized spacial score (nSPS) is 16.6. The highest BCUT2D eigenvalue weighted by Gasteiger charge is 2.18. The minimum atomic E-state index is -3.39. The monoisotopic (exact) mass is 324 g/mol. The fraction of sp³-hybridized carbons (Fsp3) is 0.647. The van der Waals surface area contributed by atoms with Crippen LogP contribution < -0.4 is 10.0 Å². The molecule has 2 N–H and O–H groups in total. The summed E-state index contributed by atoms with van der Waals surface area (Å²) in [6.07, 6.45) is 8.43. The third-order valence-electron chi connectivity index (χ3n) is 4.44. The lowest BCUT2D eigenvalue weighted by Crippen LogP contribution is -2.24. The summed E-state index contributed by atoms with van der Waals surface area (Å²) in [6, 6.07) is 5.47. The molecule has 0 unspecified atom stereocenters. The Bertz CT molecular complexity index is 578. The molecule has 1 aromatic carbocycles. The first-order valence-corrected chi connectivity index (χ1v) is 9.85. The van der Waals surface area contributed by atoms with Gasteiger partial charge in [0.2, 0.25) is 10.0 Å². The van der Waals surface area contributed by atoms with E-state index in [4.69, 9.17) is 0 Å². The fourth-order valence-corrected chi connectivity index (χ4v) is 4.32. The second kappa shape index (κ2) is 7.97. The third-order valence-corrected chi connectivity index (χ3v) is 5.90. The largest absolute Gasteiger partial charge is 0.388 e. The van der Waals surface area contributed by atoms with E-state index in [1.807, 2.05) is 20.0 Å². The number of anilines is 1. The van der Waals surface area contributed by atoms with E-state index >= 15 is 0 Å². The average Bonchev–Trinajstić information content (AvgIpc) is 2.54. The molecule has 5 heteroatoms. The van der Waals surface area contributed by atoms with E-state index in [1.54, 1.807) is 12.1 Å². The summed E-state index contributed by atoms with van der Waals surface area (Å²) < 4.78 is 27.1. The number of nitrogens with one attached hydrogen (secondary N) is 2. The molecule has 0 amide bonds. The molecule has 4 nitrogen and oxygen atoms in total. The van der Waals surface area contributed by atoms with Gasteiger partial charge in [-0.25, -0.2) is 13.1 Å². The topological polar surface area (TPSA) is 58.2 Å². The van der Waals surface area contributed by atoms with Gasteiger partial charge in [-0.05, 0) is 36.5 Å². The summed E-state index contributed by atoms with van der Waals surface area (Å²) in [7, 11) is -1.54. The van der Waals surface area contributed by atoms with Crippen molar-refractivity contribution in [3.63, 3.8) is 0 Å². The minimum Gasteiger partial charge on any atom is -0.388 e. The molecule has 0 heterocycles. The Morgan fingerprint density at radius 3 is 2.55 bits per heavy atom. The van der Waals surface area contributed by atoms with E-state index < -0.39 is 10.0 Å². The summed E-state index contributed by atoms with van der Waals surface area (Å²) in [4.78, 5) is 0.345. The second-order valence-corrected chi connectivity index (χ2v) is 7.94. The maximum Gasteiger partial charge on any atom is 0.240 e. The van der Waals surface area contributed by atoms with Crippen molar-refractivity contribution < 1.29 is 8.42 Å². The highest BCUT2D eigenvalue weighted by atomic mass is 32.2. The first-order valence-electron chi connectivity index (χ1n) is 8.37. The number of rotatable bonds is 7. The van der Waals surface area contributed by atoms with Gasteiger partial charge in [0.25, 0.3) is 0 Å². The molecule has 0 atom stereocenters. The molecule has 1 aliphatic carbocycles. The molecule has 0 radical (unpaired) electrons. The van der Waals surface area contributed by atoms with E-state index in [2.05, 4.69) is 10.0 Å². The molecule has 0 spiro atoms. The molecule has 1 aromatic rings. The zero-order chi connectivity index (χ0) is 16.0. The van der Waals surface area contributed by atoms with Gasteiger partial charge in [-0.1, -0.05) is 45.1 Å². The lowest BCUT2D eigenvalue weighted by Gasteiger charge is -2.23. The predicted octanol–water partition coefficient (Wildman–Crippen LogP) is 3.54. The first-order chi connectivity index (χ1) is 10.6. The summed E-state index contributed by atoms with van der Waals surface area (Å²) in [6.45, 7) is 2.43. The lowest BCUT2D eigenvalue weighted by atomic mass is 9.84. The van der Waals surface area contributed by atoms with Crippen molar-refractivity contribution in [2.24, 2.45) is 5.92 Å². The van der Waals surface area contributed by atoms with E-state index in [1.165, 1.54) is 37.7 Å². The van der Waals surface area contributed by atoms with Gasteiger partial charge in [0.05, 0.1) is 4.90 Å². The van der Waals surface area contributed by atoms with Gasteiger partial charge in [-0.3, -0.25) is 0 Å². The molecule has 1 saturated carbocycles. The Morgan fingerprint density at radius 2 is 1.91 bits per heavy atom. The van der Waals surface area contributed by atoms with Crippen LogP contribution in [0.25, 0.3) is 0 Å². The highest BCUT2D eigenvalue weighted by molar-refractivity contribution is 7.89. The zero-order valence-electron chi connectivity index (χ0n) is 13.7. The zero-order valence-corrected chi connectivity index (χ0v) is 14.5. The number of benzene rings is 1. The molecular formula is C17H28N2O2S. The lowest BCUT2D eigenvalue weighted by molar-refractivity contribution is 0.357. The van der Waals surface area contributed by atoms with Crippen LogP contribution in [0.1, 0.15) is 51.0 Å². The van der Waals surface area contributed by atoms with Gasteiger partial charge in [0.1, 0.15) is 0 Å². The van der Waals surface area contributed by atoms with Crippen LogP contribution in [0, 0.1) is 5.92 Å². The van der Waals surface area contributed by atoms with Crippen molar-refractivity contribution in [1.82, 2.24) is 4.72 Å². The first kappa shape index (κ1) is 17.3. The number of hydrogen-bond acceptors (Lipinski definition) is 3. The Morgan fingerprint density at radius 1 is 1.18 bits per heavy atom. The molecule has 0 bridgehead atoms. The third kappa shape index (κ3) is 4.46. The molecule has 0 saturated heterocycles. The van der Waals surface area contributed by atoms with Crippen molar-refractivity contribution in [3.05, 3.63) is 23.8 Å². The fourth-order valence-electron chi connectivity index (χ4n) is 3.16. The Hall–Kier alpha value is -1.07. The van der Waals surface area contributed by atoms with Gasteiger partial charge in [-0.2, -0.15) is 0 Å². The molecule has 2 rings (SSSR count). The molecule has 124 valence electrons. The molecule has 0 aliphatic heterocycles. The van der Waals surface area contributed by atoms with Crippen LogP contribution in [0.4, 0.5) is 5.69 Å². The molecular weight excluding hydrogens is 296 g/mol. The Labute approximate surface area is 134 Å². The summed E-state index contributed by atoms with van der Waals surface area (Å²) in [5.74, 6) is 0.738. The quantitative estimate of drug-likeness (QED) is 0.806. The smallest absolute Gasteiger partial charge is 0.240 e. The van der Waals surface area contributed by atoms with Crippen molar-refractivity contribution in [2.45, 2.75) is 56.8 Å². The van der Waals surface area contributed by atoms with Crippen LogP contribution in [0.3, 0.4) is 0 Å². The summed E-state index contributed by atoms with van der Waals surface area (Å²) in [5.41, 5.74) is 2.16. The second-order valence-electron chi connectivity index (χ2n) is 6.17. The van der Waals surface area contributed by atoms with Crippen LogP contribution in [0.5, 0.6) is 0 Å². The van der Waals surface area contributed by atoms with Gasteiger partial charge in [-0.15, -0.1) is 0 Å². The van der Waals surface area contributed by atoms with Gasteiger partial charge in [0, 0.05) is 19.3 Å². The molecule has 1 fully saturated rings. The van der Waals surface area contributed by atoms with E-state index in [9.17, 15) is 8.42 Å². The molecule has 0 aromatic heterocycles. The van der Waals surface area contributed by atoms with Crippen LogP contribution in [-0.4, -0.2) is 22.0 Å². The van der Waals surface area contributed by atoms with Crippen molar-refractivity contribution in [2.75, 3.05) is 18.9 Å². The van der Waals surface area contributed by atoms with Crippen LogP contribution in [0.2, 0.25) is 0 Å². The van der Waals surface area contributed by atoms with Crippen LogP contribution in [0.15, 0.2) is 23.1 Å². The average molecular weight is 324 g/mol. The summed E-state index contributed by atoms with van der Waals surface area (Å²) >= 11 is 0. The van der Waals surface area contributed by atoms with Gasteiger partial charge in [0.15, 0.2) is 0 Å². The predicted molar refractivity (Wildman–Crippen MR) is 91.7 cm³/mol. The van der Waals surface area contributed by atoms with Crippen LogP contribution >= 0.6 is 0 Å². The Balaban J connectivity index is 2.16. The molecule has 22 heavy (non-hydrogen) atoms. The number of sulfonamides is 1. The standard InChI is InChI=1S/C17H28N2O2S/c1-3-11-19-22(20,21)16-10-9-15(17(13-16)18-2)12-14-7-5-4-6-8-14/h9-10,13-14,18-19H,3-8,11-12H2,1-2H3. The van der Waals surface area contributed by atoms with Crippen molar-refractivity contribution in [3.8, 4) is 0 Å². The SMILES string of the molecule is CCCNS(=O)(=O)c1ccc(CC2CCCCC2)c(NC)c1.